The molecule has 304 valence electrons. The van der Waals surface area contributed by atoms with Gasteiger partial charge in [0, 0.05) is 32.7 Å². The first-order valence-electron chi connectivity index (χ1n) is 18.2. The van der Waals surface area contributed by atoms with Gasteiger partial charge < -0.3 is 48.6 Å². The van der Waals surface area contributed by atoms with Gasteiger partial charge in [0.25, 0.3) is 14.4 Å². The fraction of sp³-hybridized carbons (Fsp3) is 0.588. The molecule has 55 heavy (non-hydrogen) atoms. The van der Waals surface area contributed by atoms with Crippen LogP contribution in [-0.2, 0) is 32.8 Å². The maximum Gasteiger partial charge on any atom is 0.471 e. The topological polar surface area (TPSA) is 185 Å². The Morgan fingerprint density at radius 2 is 1.84 bits per heavy atom. The van der Waals surface area contributed by atoms with E-state index in [4.69, 9.17) is 37.4 Å². The summed E-state index contributed by atoms with van der Waals surface area (Å²) < 4.78 is 91.2. The number of halogens is 3. The highest BCUT2D eigenvalue weighted by Crippen LogP contribution is 2.50. The minimum absolute atomic E-state index is 0.00845. The van der Waals surface area contributed by atoms with E-state index in [1.165, 1.54) is 19.8 Å². The highest BCUT2D eigenvalue weighted by atomic mass is 31.2. The SMILES string of the molecule is [2H]C[C@H]1O[C@@H](n2cnc3c(NC(=O)c4ccccc4)ncnc32)[C@H](OCOCCOCCNC(=O)C(F)(F)F)[C@@H]1OP(OCC[N+]#[C-])N(C(C)C)C(C)C.[3H]OC. The average molecular weight is 804 g/mol. The lowest BCUT2D eigenvalue weighted by Gasteiger charge is -2.37. The molecule has 1 unspecified atom stereocenters. The Morgan fingerprint density at radius 1 is 1.13 bits per heavy atom. The van der Waals surface area contributed by atoms with Crippen LogP contribution in [0.3, 0.4) is 0 Å². The van der Waals surface area contributed by atoms with Crippen molar-refractivity contribution in [2.24, 2.45) is 0 Å². The zero-order chi connectivity index (χ0) is 42.0. The number of rotatable bonds is 20. The molecular weight excluding hydrogens is 752 g/mol. The number of aromatic nitrogens is 4. The molecule has 0 aliphatic carbocycles. The van der Waals surface area contributed by atoms with Crippen LogP contribution in [0.2, 0.25) is 0 Å². The van der Waals surface area contributed by atoms with Crippen LogP contribution in [0.25, 0.3) is 16.0 Å². The summed E-state index contributed by atoms with van der Waals surface area (Å²) in [6, 6.07) is 8.56. The van der Waals surface area contributed by atoms with Crippen molar-refractivity contribution in [2.75, 3.05) is 58.7 Å². The quantitative estimate of drug-likeness (QED) is 0.0636. The van der Waals surface area contributed by atoms with E-state index in [1.54, 1.807) is 40.2 Å². The lowest BCUT2D eigenvalue weighted by atomic mass is 10.1. The van der Waals surface area contributed by atoms with Gasteiger partial charge >= 0.3 is 12.1 Å². The maximum absolute atomic E-state index is 13.0. The fourth-order valence-corrected chi connectivity index (χ4v) is 7.03. The average Bonchev–Trinajstić information content (AvgIpc) is 3.75. The maximum atomic E-state index is 13.0. The number of alkyl halides is 3. The zero-order valence-corrected chi connectivity index (χ0v) is 32.0. The summed E-state index contributed by atoms with van der Waals surface area (Å²) >= 11 is 0. The van der Waals surface area contributed by atoms with E-state index in [0.29, 0.717) is 11.2 Å². The third-order valence-electron chi connectivity index (χ3n) is 7.56. The Bertz CT molecular complexity index is 1700. The van der Waals surface area contributed by atoms with Crippen LogP contribution in [0.1, 0.15) is 52.6 Å². The van der Waals surface area contributed by atoms with E-state index in [2.05, 4.69) is 30.2 Å². The lowest BCUT2D eigenvalue weighted by Crippen LogP contribution is -2.40. The van der Waals surface area contributed by atoms with E-state index in [-0.39, 0.29) is 76.6 Å². The Labute approximate surface area is 321 Å². The monoisotopic (exact) mass is 803 g/mol. The molecule has 0 saturated carbocycles. The first-order valence-corrected chi connectivity index (χ1v) is 18.2. The standard InChI is InChI=1S/C33H44F3N8O8P.CH4O/c1-21(2)44(22(3)4)53(50-15-12-37-6)52-26-23(5)51-31(27(26)49-20-48-17-16-47-14-13-38-32(46)33(34,35)36)43-19-41-25-28(39-18-40-29(25)43)42-30(45)24-10-8-7-9-11-24;1-2/h7-11,18-19,21-23,26-27,31H,12-17,20H2,1-5H3,(H,38,46)(H,39,40,42,45);2H,1H3/t23-,26-,27-,31-,53?;/m1./s1/i5D;2T. The number of carbonyl (C=O) groups is 2. The molecule has 2 aromatic heterocycles. The summed E-state index contributed by atoms with van der Waals surface area (Å²) in [5.74, 6) is -2.29. The van der Waals surface area contributed by atoms with Crippen molar-refractivity contribution in [1.29, 1.82) is 1.43 Å². The summed E-state index contributed by atoms with van der Waals surface area (Å²) in [5.41, 5.74) is 0.983. The van der Waals surface area contributed by atoms with Crippen molar-refractivity contribution in [3.8, 4) is 0 Å². The Kier molecular flexibility index (Phi) is 17.4. The Morgan fingerprint density at radius 3 is 2.49 bits per heavy atom. The minimum Gasteiger partial charge on any atom is -0.400 e. The van der Waals surface area contributed by atoms with Gasteiger partial charge in [-0.25, -0.2) is 26.2 Å². The van der Waals surface area contributed by atoms with Gasteiger partial charge in [0.05, 0.1) is 32.3 Å². The third-order valence-corrected chi connectivity index (χ3v) is 9.68. The molecule has 4 rings (SSSR count). The molecule has 3 aromatic rings. The van der Waals surface area contributed by atoms with Gasteiger partial charge in [0.15, 0.2) is 23.2 Å². The molecule has 0 bridgehead atoms. The largest absolute Gasteiger partial charge is 0.471 e. The number of fused-ring (bicyclic) bond motifs is 1. The number of ether oxygens (including phenoxy) is 4. The molecule has 2 amide bonds. The summed E-state index contributed by atoms with van der Waals surface area (Å²) in [7, 11) is -0.496. The molecule has 0 spiro atoms. The molecule has 3 N–H and O–H groups in total. The van der Waals surface area contributed by atoms with E-state index in [9.17, 15) is 22.8 Å². The highest BCUT2D eigenvalue weighted by molar-refractivity contribution is 7.44. The summed E-state index contributed by atoms with van der Waals surface area (Å²) in [4.78, 5) is 40.4. The molecule has 17 nitrogen and oxygen atoms in total. The molecule has 0 radical (unpaired) electrons. The molecule has 5 atom stereocenters. The first kappa shape index (κ1) is 42.2. The number of anilines is 1. The molecule has 21 heteroatoms. The second kappa shape index (κ2) is 22.6. The van der Waals surface area contributed by atoms with Gasteiger partial charge in [-0.1, -0.05) is 18.2 Å². The van der Waals surface area contributed by atoms with Gasteiger partial charge in [-0.3, -0.25) is 14.2 Å². The van der Waals surface area contributed by atoms with Crippen LogP contribution >= 0.6 is 8.53 Å². The van der Waals surface area contributed by atoms with Gasteiger partial charge in [-0.15, -0.1) is 0 Å². The number of amides is 2. The van der Waals surface area contributed by atoms with Crippen LogP contribution in [0.15, 0.2) is 43.0 Å². The molecule has 1 aromatic carbocycles. The van der Waals surface area contributed by atoms with Gasteiger partial charge in [0.1, 0.15) is 31.9 Å². The van der Waals surface area contributed by atoms with Crippen LogP contribution in [0, 0.1) is 6.57 Å². The van der Waals surface area contributed by atoms with Crippen LogP contribution < -0.4 is 10.6 Å². The zero-order valence-electron chi connectivity index (χ0n) is 33.1. The van der Waals surface area contributed by atoms with E-state index in [1.807, 2.05) is 32.4 Å². The second-order valence-electron chi connectivity index (χ2n) is 12.0. The number of aliphatic hydroxyl groups excluding tert-OH is 1. The van der Waals surface area contributed by atoms with Crippen LogP contribution in [0.5, 0.6) is 0 Å². The minimum atomic E-state index is -4.98. The smallest absolute Gasteiger partial charge is 0.400 e. The third kappa shape index (κ3) is 13.1. The number of carbonyl (C=O) groups excluding carboxylic acids is 2. The number of imidazole rings is 1. The number of aliphatic hydroxyl groups is 1. The normalized spacial score (nSPS) is 19.5. The number of nitrogens with one attached hydrogen (secondary N) is 2. The van der Waals surface area contributed by atoms with E-state index >= 15 is 0 Å². The number of hydrogen-bond donors (Lipinski definition) is 3. The van der Waals surface area contributed by atoms with Crippen molar-refractivity contribution in [2.45, 2.75) is 77.4 Å². The molecule has 1 saturated heterocycles. The van der Waals surface area contributed by atoms with Gasteiger partial charge in [-0.05, 0) is 46.7 Å². The van der Waals surface area contributed by atoms with Crippen molar-refractivity contribution in [1.82, 2.24) is 29.5 Å². The Balaban J connectivity index is 0.00000281. The summed E-state index contributed by atoms with van der Waals surface area (Å²) in [5, 5.41) is 7.99. The second-order valence-corrected chi connectivity index (χ2v) is 13.5. The number of hydrogen-bond acceptors (Lipinski definition) is 13. The van der Waals surface area contributed by atoms with Crippen LogP contribution in [0.4, 0.5) is 19.0 Å². The summed E-state index contributed by atoms with van der Waals surface area (Å²) in [6.07, 6.45) is -5.88. The van der Waals surface area contributed by atoms with Gasteiger partial charge in [0.2, 0.25) is 7.98 Å². The molecule has 1 fully saturated rings. The number of benzene rings is 1. The van der Waals surface area contributed by atoms with Crippen molar-refractivity contribution < 1.29 is 57.2 Å². The predicted molar refractivity (Wildman–Crippen MR) is 194 cm³/mol. The lowest BCUT2D eigenvalue weighted by molar-refractivity contribution is -0.173. The van der Waals surface area contributed by atoms with Gasteiger partial charge in [-0.2, -0.15) is 13.2 Å². The predicted octanol–water partition coefficient (Wildman–Crippen LogP) is 4.33. The fourth-order valence-electron chi connectivity index (χ4n) is 5.27. The number of nitrogens with zero attached hydrogens (tertiary/aromatic N) is 6. The molecule has 3 heterocycles. The molecular formula is C34H48F3N8O9P. The Hall–Kier alpha value is -3.90. The van der Waals surface area contributed by atoms with Crippen molar-refractivity contribution in [3.63, 3.8) is 0 Å². The van der Waals surface area contributed by atoms with E-state index in [0.717, 1.165) is 0 Å². The highest BCUT2D eigenvalue weighted by Gasteiger charge is 2.48. The summed E-state index contributed by atoms with van der Waals surface area (Å²) in [6.45, 7) is 14.4. The van der Waals surface area contributed by atoms with Crippen molar-refractivity contribution >= 4 is 37.3 Å². The molecule has 1 aliphatic heterocycles. The molecule has 1 aliphatic rings. The first-order chi connectivity index (χ1) is 27.3. The van der Waals surface area contributed by atoms with Crippen LogP contribution in [-0.4, -0.2) is 133 Å². The van der Waals surface area contributed by atoms with Crippen molar-refractivity contribution in [3.05, 3.63) is 60.0 Å². The van der Waals surface area contributed by atoms with E-state index < -0.39 is 51.1 Å².